The van der Waals surface area contributed by atoms with E-state index in [1.165, 1.54) is 12.8 Å². The molecule has 2 nitrogen and oxygen atoms in total. The highest BCUT2D eigenvalue weighted by molar-refractivity contribution is 4.86. The fourth-order valence-corrected chi connectivity index (χ4v) is 1.52. The molecule has 2 bridgehead atoms. The molecule has 0 spiro atoms. The van der Waals surface area contributed by atoms with Crippen molar-refractivity contribution in [2.45, 2.75) is 24.9 Å². The molecule has 8 heavy (non-hydrogen) atoms. The average molecular weight is 113 g/mol. The van der Waals surface area contributed by atoms with Gasteiger partial charge in [0.15, 0.2) is 0 Å². The third-order valence-electron chi connectivity index (χ3n) is 1.97. The first-order valence-electron chi connectivity index (χ1n) is 3.29. The first-order chi connectivity index (χ1) is 3.95. The van der Waals surface area contributed by atoms with Gasteiger partial charge < -0.3 is 10.1 Å². The van der Waals surface area contributed by atoms with E-state index >= 15 is 0 Å². The van der Waals surface area contributed by atoms with E-state index in [9.17, 15) is 0 Å². The Morgan fingerprint density at radius 2 is 1.75 bits per heavy atom. The number of ether oxygens (including phenoxy) is 1. The van der Waals surface area contributed by atoms with Crippen molar-refractivity contribution < 1.29 is 4.74 Å². The second-order valence-corrected chi connectivity index (χ2v) is 2.68. The summed E-state index contributed by atoms with van der Waals surface area (Å²) < 4.78 is 5.29. The Morgan fingerprint density at radius 3 is 2.25 bits per heavy atom. The van der Waals surface area contributed by atoms with E-state index in [0.29, 0.717) is 12.1 Å². The van der Waals surface area contributed by atoms with E-state index in [-0.39, 0.29) is 0 Å². The molecule has 0 radical (unpaired) electrons. The van der Waals surface area contributed by atoms with Crippen LogP contribution in [0.15, 0.2) is 0 Å². The standard InChI is InChI=1S/C6H11NO/c1-2-6-4-8-3-5(1)7-6/h5-7H,1-4H2/t5-,6+. The van der Waals surface area contributed by atoms with Crippen molar-refractivity contribution in [2.24, 2.45) is 0 Å². The zero-order chi connectivity index (χ0) is 5.40. The van der Waals surface area contributed by atoms with Crippen molar-refractivity contribution in [1.82, 2.24) is 5.32 Å². The van der Waals surface area contributed by atoms with Crippen molar-refractivity contribution in [3.63, 3.8) is 0 Å². The summed E-state index contributed by atoms with van der Waals surface area (Å²) in [6.07, 6.45) is 2.65. The molecule has 0 aromatic carbocycles. The van der Waals surface area contributed by atoms with Gasteiger partial charge in [0.2, 0.25) is 0 Å². The van der Waals surface area contributed by atoms with Gasteiger partial charge in [-0.25, -0.2) is 0 Å². The summed E-state index contributed by atoms with van der Waals surface area (Å²) in [6.45, 7) is 1.88. The van der Waals surface area contributed by atoms with Gasteiger partial charge in [-0.05, 0) is 12.8 Å². The van der Waals surface area contributed by atoms with Crippen LogP contribution in [0.25, 0.3) is 0 Å². The van der Waals surface area contributed by atoms with Crippen LogP contribution in [0.2, 0.25) is 0 Å². The summed E-state index contributed by atoms with van der Waals surface area (Å²) in [6, 6.07) is 1.38. The van der Waals surface area contributed by atoms with Gasteiger partial charge in [-0.3, -0.25) is 0 Å². The molecule has 0 amide bonds. The number of rotatable bonds is 0. The number of nitrogens with one attached hydrogen (secondary N) is 1. The van der Waals surface area contributed by atoms with Gasteiger partial charge >= 0.3 is 0 Å². The lowest BCUT2D eigenvalue weighted by Crippen LogP contribution is -2.41. The third-order valence-corrected chi connectivity index (χ3v) is 1.97. The van der Waals surface area contributed by atoms with Crippen LogP contribution in [0.5, 0.6) is 0 Å². The Kier molecular flexibility index (Phi) is 1.02. The van der Waals surface area contributed by atoms with Crippen molar-refractivity contribution in [2.75, 3.05) is 13.2 Å². The summed E-state index contributed by atoms with van der Waals surface area (Å²) >= 11 is 0. The summed E-state index contributed by atoms with van der Waals surface area (Å²) in [7, 11) is 0. The van der Waals surface area contributed by atoms with E-state index in [4.69, 9.17) is 4.74 Å². The maximum absolute atomic E-state index is 5.29. The normalized spacial score (nSPS) is 45.0. The van der Waals surface area contributed by atoms with E-state index in [2.05, 4.69) is 5.32 Å². The lowest BCUT2D eigenvalue weighted by Gasteiger charge is -2.20. The Morgan fingerprint density at radius 1 is 1.12 bits per heavy atom. The second-order valence-electron chi connectivity index (χ2n) is 2.68. The zero-order valence-electron chi connectivity index (χ0n) is 4.89. The molecule has 2 rings (SSSR count). The molecule has 2 aliphatic heterocycles. The molecule has 2 aliphatic rings. The Labute approximate surface area is 49.2 Å². The molecule has 2 heterocycles. The van der Waals surface area contributed by atoms with Crippen LogP contribution in [0, 0.1) is 0 Å². The zero-order valence-corrected chi connectivity index (χ0v) is 4.89. The molecule has 2 atom stereocenters. The van der Waals surface area contributed by atoms with Crippen LogP contribution in [0.1, 0.15) is 12.8 Å². The number of hydrogen-bond acceptors (Lipinski definition) is 2. The van der Waals surface area contributed by atoms with Crippen LogP contribution < -0.4 is 5.32 Å². The summed E-state index contributed by atoms with van der Waals surface area (Å²) in [4.78, 5) is 0. The van der Waals surface area contributed by atoms with Crippen LogP contribution >= 0.6 is 0 Å². The molecule has 2 saturated heterocycles. The van der Waals surface area contributed by atoms with E-state index < -0.39 is 0 Å². The third kappa shape index (κ3) is 0.644. The van der Waals surface area contributed by atoms with Crippen molar-refractivity contribution >= 4 is 0 Å². The van der Waals surface area contributed by atoms with Crippen molar-refractivity contribution in [3.05, 3.63) is 0 Å². The topological polar surface area (TPSA) is 21.3 Å². The monoisotopic (exact) mass is 113 g/mol. The van der Waals surface area contributed by atoms with Crippen LogP contribution in [-0.2, 0) is 4.74 Å². The smallest absolute Gasteiger partial charge is 0.0620 e. The van der Waals surface area contributed by atoms with E-state index in [0.717, 1.165) is 13.2 Å². The van der Waals surface area contributed by atoms with Crippen LogP contribution in [0.3, 0.4) is 0 Å². The highest BCUT2D eigenvalue weighted by Gasteiger charge is 2.27. The SMILES string of the molecule is C1C[C@H]2COC[C@@H]1N2. The lowest BCUT2D eigenvalue weighted by atomic mass is 10.2. The average Bonchev–Trinajstić information content (AvgIpc) is 2.12. The molecule has 2 heteroatoms. The maximum atomic E-state index is 5.29. The quantitative estimate of drug-likeness (QED) is 0.482. The molecule has 1 N–H and O–H groups in total. The molecule has 0 unspecified atom stereocenters. The minimum absolute atomic E-state index is 0.689. The molecule has 0 saturated carbocycles. The minimum Gasteiger partial charge on any atom is -0.378 e. The van der Waals surface area contributed by atoms with Gasteiger partial charge in [-0.1, -0.05) is 0 Å². The minimum atomic E-state index is 0.689. The van der Waals surface area contributed by atoms with Gasteiger partial charge in [0.05, 0.1) is 13.2 Å². The number of hydrogen-bond donors (Lipinski definition) is 1. The first kappa shape index (κ1) is 4.77. The molecule has 0 aromatic rings. The first-order valence-corrected chi connectivity index (χ1v) is 3.29. The van der Waals surface area contributed by atoms with E-state index in [1.54, 1.807) is 0 Å². The number of morpholine rings is 1. The lowest BCUT2D eigenvalue weighted by molar-refractivity contribution is 0.0728. The Balaban J connectivity index is 2.03. The second kappa shape index (κ2) is 1.71. The van der Waals surface area contributed by atoms with Crippen LogP contribution in [0.4, 0.5) is 0 Å². The van der Waals surface area contributed by atoms with Crippen molar-refractivity contribution in [1.29, 1.82) is 0 Å². The molecule has 2 fully saturated rings. The molecule has 46 valence electrons. The van der Waals surface area contributed by atoms with Gasteiger partial charge in [0, 0.05) is 12.1 Å². The maximum Gasteiger partial charge on any atom is 0.0620 e. The summed E-state index contributed by atoms with van der Waals surface area (Å²) in [5, 5.41) is 3.47. The van der Waals surface area contributed by atoms with Gasteiger partial charge in [-0.15, -0.1) is 0 Å². The highest BCUT2D eigenvalue weighted by Crippen LogP contribution is 2.16. The van der Waals surface area contributed by atoms with E-state index in [1.807, 2.05) is 0 Å². The molecular weight excluding hydrogens is 102 g/mol. The predicted molar refractivity (Wildman–Crippen MR) is 30.8 cm³/mol. The Hall–Kier alpha value is -0.0800. The van der Waals surface area contributed by atoms with Gasteiger partial charge in [-0.2, -0.15) is 0 Å². The molecule has 0 aliphatic carbocycles. The van der Waals surface area contributed by atoms with Crippen molar-refractivity contribution in [3.8, 4) is 0 Å². The summed E-state index contributed by atoms with van der Waals surface area (Å²) in [5.74, 6) is 0. The van der Waals surface area contributed by atoms with Gasteiger partial charge in [0.1, 0.15) is 0 Å². The molecule has 0 aromatic heterocycles. The van der Waals surface area contributed by atoms with Crippen LogP contribution in [-0.4, -0.2) is 25.3 Å². The number of fused-ring (bicyclic) bond motifs is 2. The highest BCUT2D eigenvalue weighted by atomic mass is 16.5. The Bertz CT molecular complexity index is 80.5. The molecular formula is C6H11NO. The fourth-order valence-electron chi connectivity index (χ4n) is 1.52. The fraction of sp³-hybridized carbons (Fsp3) is 1.00. The largest absolute Gasteiger partial charge is 0.378 e. The summed E-state index contributed by atoms with van der Waals surface area (Å²) in [5.41, 5.74) is 0. The predicted octanol–water partition coefficient (Wildman–Crippen LogP) is 0.137. The van der Waals surface area contributed by atoms with Gasteiger partial charge in [0.25, 0.3) is 0 Å².